The molecule has 4 rings (SSSR count). The lowest BCUT2D eigenvalue weighted by Gasteiger charge is -2.12. The van der Waals surface area contributed by atoms with Gasteiger partial charge in [0.15, 0.2) is 11.6 Å². The van der Waals surface area contributed by atoms with Crippen molar-refractivity contribution >= 4 is 22.6 Å². The van der Waals surface area contributed by atoms with Crippen LogP contribution in [0, 0.1) is 6.92 Å². The number of rotatable bonds is 7. The van der Waals surface area contributed by atoms with E-state index in [0.29, 0.717) is 29.1 Å². The Morgan fingerprint density at radius 1 is 1.06 bits per heavy atom. The first kappa shape index (κ1) is 20.2. The maximum atomic E-state index is 12.7. The van der Waals surface area contributed by atoms with Gasteiger partial charge in [0.2, 0.25) is 5.91 Å². The van der Waals surface area contributed by atoms with Crippen molar-refractivity contribution in [1.29, 1.82) is 0 Å². The second-order valence-corrected chi connectivity index (χ2v) is 7.01. The van der Waals surface area contributed by atoms with E-state index in [4.69, 9.17) is 4.74 Å². The summed E-state index contributed by atoms with van der Waals surface area (Å²) in [5, 5.41) is 3.30. The molecular weight excluding hydrogens is 394 g/mol. The highest BCUT2D eigenvalue weighted by Crippen LogP contribution is 2.22. The van der Waals surface area contributed by atoms with Crippen LogP contribution in [0.2, 0.25) is 0 Å². The van der Waals surface area contributed by atoms with Crippen LogP contribution in [0.15, 0.2) is 72.2 Å². The fourth-order valence-electron chi connectivity index (χ4n) is 3.15. The summed E-state index contributed by atoms with van der Waals surface area (Å²) in [4.78, 5) is 37.7. The minimum atomic E-state index is -0.274. The second kappa shape index (κ2) is 9.17. The first-order valence-corrected chi connectivity index (χ1v) is 9.83. The number of hydrogen-bond donors (Lipinski definition) is 1. The third kappa shape index (κ3) is 4.75. The van der Waals surface area contributed by atoms with Crippen LogP contribution in [0.1, 0.15) is 17.5 Å². The lowest BCUT2D eigenvalue weighted by atomic mass is 10.1. The molecule has 1 aromatic carbocycles. The van der Waals surface area contributed by atoms with E-state index in [0.717, 1.165) is 11.1 Å². The van der Waals surface area contributed by atoms with Crippen LogP contribution >= 0.6 is 0 Å². The molecule has 0 atom stereocenters. The molecule has 0 radical (unpaired) electrons. The van der Waals surface area contributed by atoms with E-state index >= 15 is 0 Å². The highest BCUT2D eigenvalue weighted by Gasteiger charge is 2.11. The molecule has 3 aromatic heterocycles. The van der Waals surface area contributed by atoms with E-state index in [-0.39, 0.29) is 24.4 Å². The Morgan fingerprint density at radius 2 is 1.90 bits per heavy atom. The van der Waals surface area contributed by atoms with Crippen molar-refractivity contribution in [2.75, 3.05) is 5.32 Å². The molecule has 156 valence electrons. The number of amides is 1. The SMILES string of the molecule is Cc1cccc2c(=O)n(CCC(=O)Nc3ncccc3OCc3ccncc3)cnc12. The fourth-order valence-corrected chi connectivity index (χ4v) is 3.15. The molecule has 1 N–H and O–H groups in total. The van der Waals surface area contributed by atoms with Gasteiger partial charge in [-0.1, -0.05) is 12.1 Å². The summed E-state index contributed by atoms with van der Waals surface area (Å²) in [5.74, 6) is 0.526. The quantitative estimate of drug-likeness (QED) is 0.498. The van der Waals surface area contributed by atoms with E-state index in [2.05, 4.69) is 20.3 Å². The molecule has 0 bridgehead atoms. The number of ether oxygens (including phenoxy) is 1. The molecule has 3 heterocycles. The van der Waals surface area contributed by atoms with E-state index in [1.54, 1.807) is 36.8 Å². The zero-order valence-corrected chi connectivity index (χ0v) is 17.0. The van der Waals surface area contributed by atoms with Crippen molar-refractivity contribution in [3.8, 4) is 5.75 Å². The molecule has 0 fully saturated rings. The zero-order valence-electron chi connectivity index (χ0n) is 17.0. The normalized spacial score (nSPS) is 10.7. The van der Waals surface area contributed by atoms with Crippen LogP contribution in [-0.2, 0) is 17.9 Å². The van der Waals surface area contributed by atoms with Gasteiger partial charge in [-0.25, -0.2) is 9.97 Å². The Morgan fingerprint density at radius 3 is 2.74 bits per heavy atom. The number of aryl methyl sites for hydroxylation is 2. The third-order valence-corrected chi connectivity index (χ3v) is 4.81. The molecule has 0 aliphatic carbocycles. The summed E-state index contributed by atoms with van der Waals surface area (Å²) in [7, 11) is 0. The van der Waals surface area contributed by atoms with Crippen molar-refractivity contribution in [2.45, 2.75) is 26.5 Å². The van der Waals surface area contributed by atoms with Crippen molar-refractivity contribution in [3.05, 3.63) is 88.9 Å². The van der Waals surface area contributed by atoms with E-state index in [9.17, 15) is 9.59 Å². The lowest BCUT2D eigenvalue weighted by molar-refractivity contribution is -0.116. The van der Waals surface area contributed by atoms with Crippen molar-refractivity contribution in [1.82, 2.24) is 19.5 Å². The van der Waals surface area contributed by atoms with Crippen LogP contribution in [0.5, 0.6) is 5.75 Å². The number of anilines is 1. The second-order valence-electron chi connectivity index (χ2n) is 7.01. The third-order valence-electron chi connectivity index (χ3n) is 4.81. The van der Waals surface area contributed by atoms with Gasteiger partial charge in [0.25, 0.3) is 5.56 Å². The first-order valence-electron chi connectivity index (χ1n) is 9.83. The molecule has 0 saturated carbocycles. The summed E-state index contributed by atoms with van der Waals surface area (Å²) in [6, 6.07) is 12.7. The predicted molar refractivity (Wildman–Crippen MR) is 117 cm³/mol. The molecule has 0 saturated heterocycles. The molecule has 31 heavy (non-hydrogen) atoms. The van der Waals surface area contributed by atoms with Crippen molar-refractivity contribution < 1.29 is 9.53 Å². The van der Waals surface area contributed by atoms with E-state index in [1.165, 1.54) is 10.9 Å². The molecule has 8 nitrogen and oxygen atoms in total. The fraction of sp³-hybridized carbons (Fsp3) is 0.174. The summed E-state index contributed by atoms with van der Waals surface area (Å²) < 4.78 is 7.24. The summed E-state index contributed by atoms with van der Waals surface area (Å²) >= 11 is 0. The smallest absolute Gasteiger partial charge is 0.261 e. The van der Waals surface area contributed by atoms with Crippen LogP contribution < -0.4 is 15.6 Å². The maximum absolute atomic E-state index is 12.7. The average molecular weight is 415 g/mol. The number of nitrogens with one attached hydrogen (secondary N) is 1. The van der Waals surface area contributed by atoms with Crippen molar-refractivity contribution in [2.24, 2.45) is 0 Å². The molecule has 0 aliphatic heterocycles. The summed E-state index contributed by atoms with van der Waals surface area (Å²) in [5.41, 5.74) is 2.40. The minimum Gasteiger partial charge on any atom is -0.485 e. The first-order chi connectivity index (χ1) is 15.1. The molecule has 0 spiro atoms. The highest BCUT2D eigenvalue weighted by atomic mass is 16.5. The summed E-state index contributed by atoms with van der Waals surface area (Å²) in [6.45, 7) is 2.45. The predicted octanol–water partition coefficient (Wildman–Crippen LogP) is 3.10. The molecule has 4 aromatic rings. The molecule has 0 aliphatic rings. The van der Waals surface area contributed by atoms with Gasteiger partial charge in [-0.3, -0.25) is 19.1 Å². The number of carbonyl (C=O) groups is 1. The number of benzene rings is 1. The number of nitrogens with zero attached hydrogens (tertiary/aromatic N) is 4. The van der Waals surface area contributed by atoms with Gasteiger partial charge in [-0.05, 0) is 48.4 Å². The van der Waals surface area contributed by atoms with Gasteiger partial charge in [-0.15, -0.1) is 0 Å². The largest absolute Gasteiger partial charge is 0.485 e. The van der Waals surface area contributed by atoms with Gasteiger partial charge < -0.3 is 10.1 Å². The van der Waals surface area contributed by atoms with Crippen LogP contribution in [0.25, 0.3) is 10.9 Å². The highest BCUT2D eigenvalue weighted by molar-refractivity contribution is 5.91. The number of pyridine rings is 2. The standard InChI is InChI=1S/C23H21N5O3/c1-16-4-2-5-18-21(16)26-15-28(23(18)30)13-9-20(29)27-22-19(6-3-10-25-22)31-14-17-7-11-24-12-8-17/h2-8,10-12,15H,9,13-14H2,1H3,(H,25,27,29). The van der Waals surface area contributed by atoms with Crippen LogP contribution in [0.3, 0.4) is 0 Å². The Balaban J connectivity index is 1.41. The summed E-state index contributed by atoms with van der Waals surface area (Å²) in [6.07, 6.45) is 6.54. The minimum absolute atomic E-state index is 0.0965. The molecular formula is C23H21N5O3. The zero-order chi connectivity index (χ0) is 21.6. The van der Waals surface area contributed by atoms with Gasteiger partial charge in [0.05, 0.1) is 17.2 Å². The lowest BCUT2D eigenvalue weighted by Crippen LogP contribution is -2.24. The Hall–Kier alpha value is -4.07. The number of aromatic nitrogens is 4. The monoisotopic (exact) mass is 415 g/mol. The molecule has 1 amide bonds. The van der Waals surface area contributed by atoms with E-state index < -0.39 is 0 Å². The number of fused-ring (bicyclic) bond motifs is 1. The van der Waals surface area contributed by atoms with Crippen LogP contribution in [-0.4, -0.2) is 25.4 Å². The molecule has 0 unspecified atom stereocenters. The number of para-hydroxylation sites is 1. The van der Waals surface area contributed by atoms with Gasteiger partial charge in [0, 0.05) is 31.6 Å². The van der Waals surface area contributed by atoms with Crippen molar-refractivity contribution in [3.63, 3.8) is 0 Å². The number of hydrogen-bond acceptors (Lipinski definition) is 6. The van der Waals surface area contributed by atoms with Gasteiger partial charge in [-0.2, -0.15) is 0 Å². The maximum Gasteiger partial charge on any atom is 0.261 e. The Kier molecular flexibility index (Phi) is 5.98. The Bertz CT molecular complexity index is 1270. The van der Waals surface area contributed by atoms with Gasteiger partial charge >= 0.3 is 0 Å². The topological polar surface area (TPSA) is 99.0 Å². The van der Waals surface area contributed by atoms with Gasteiger partial charge in [0.1, 0.15) is 6.61 Å². The Labute approximate surface area is 178 Å². The molecule has 8 heteroatoms. The van der Waals surface area contributed by atoms with E-state index in [1.807, 2.05) is 31.2 Å². The number of carbonyl (C=O) groups excluding carboxylic acids is 1. The van der Waals surface area contributed by atoms with Crippen LogP contribution in [0.4, 0.5) is 5.82 Å². The average Bonchev–Trinajstić information content (AvgIpc) is 2.79.